The number of nitrogens with one attached hydrogen (secondary N) is 2. The minimum Gasteiger partial charge on any atom is -0.497 e. The van der Waals surface area contributed by atoms with E-state index in [0.717, 1.165) is 50.1 Å². The molecule has 0 heterocycles. The van der Waals surface area contributed by atoms with Gasteiger partial charge in [0.2, 0.25) is 11.8 Å². The zero-order valence-electron chi connectivity index (χ0n) is 16.8. The van der Waals surface area contributed by atoms with Crippen LogP contribution >= 0.6 is 0 Å². The normalized spacial score (nSPS) is 22.1. The summed E-state index contributed by atoms with van der Waals surface area (Å²) >= 11 is 0. The standard InChI is InChI=1S/C23H32N2O3/c1-28-21-9-5-8-20(16-21)25-23(27)19-12-10-18(11-13-19)22(26)24-15-14-17-6-3-2-4-7-17/h5-6,8-9,16,18-19H,2-4,7,10-15H2,1H3,(H,24,26)(H,25,27). The lowest BCUT2D eigenvalue weighted by molar-refractivity contribution is -0.128. The third kappa shape index (κ3) is 5.85. The van der Waals surface area contributed by atoms with E-state index in [4.69, 9.17) is 4.74 Å². The largest absolute Gasteiger partial charge is 0.497 e. The lowest BCUT2D eigenvalue weighted by Crippen LogP contribution is -2.36. The molecule has 1 saturated carbocycles. The molecular formula is C23H32N2O3. The van der Waals surface area contributed by atoms with Crippen LogP contribution in [0, 0.1) is 11.8 Å². The molecule has 1 aromatic rings. The highest BCUT2D eigenvalue weighted by Crippen LogP contribution is 2.30. The number of carbonyl (C=O) groups excluding carboxylic acids is 2. The summed E-state index contributed by atoms with van der Waals surface area (Å²) in [5.74, 6) is 0.936. The van der Waals surface area contributed by atoms with Crippen molar-refractivity contribution in [1.82, 2.24) is 5.32 Å². The van der Waals surface area contributed by atoms with E-state index in [1.165, 1.54) is 31.3 Å². The van der Waals surface area contributed by atoms with Gasteiger partial charge in [0.25, 0.3) is 0 Å². The zero-order chi connectivity index (χ0) is 19.8. The van der Waals surface area contributed by atoms with Gasteiger partial charge in [-0.2, -0.15) is 0 Å². The third-order valence-electron chi connectivity index (χ3n) is 5.94. The Morgan fingerprint density at radius 1 is 1.07 bits per heavy atom. The SMILES string of the molecule is COc1cccc(NC(=O)C2CCC(C(=O)NCCC3=CCCCC3)CC2)c1. The molecule has 2 aliphatic rings. The van der Waals surface area contributed by atoms with Crippen LogP contribution in [0.5, 0.6) is 5.75 Å². The highest BCUT2D eigenvalue weighted by atomic mass is 16.5. The maximum atomic E-state index is 12.5. The predicted molar refractivity (Wildman–Crippen MR) is 111 cm³/mol. The molecule has 1 aromatic carbocycles. The summed E-state index contributed by atoms with van der Waals surface area (Å²) in [5, 5.41) is 6.08. The van der Waals surface area contributed by atoms with Gasteiger partial charge in [0.05, 0.1) is 7.11 Å². The van der Waals surface area contributed by atoms with Gasteiger partial charge in [-0.3, -0.25) is 9.59 Å². The molecule has 2 aliphatic carbocycles. The minimum absolute atomic E-state index is 0.0253. The summed E-state index contributed by atoms with van der Waals surface area (Å²) in [6.45, 7) is 0.737. The van der Waals surface area contributed by atoms with Crippen molar-refractivity contribution in [2.24, 2.45) is 11.8 Å². The van der Waals surface area contributed by atoms with Gasteiger partial charge < -0.3 is 15.4 Å². The minimum atomic E-state index is -0.0253. The van der Waals surface area contributed by atoms with Crippen molar-refractivity contribution in [2.45, 2.75) is 57.8 Å². The molecule has 0 aromatic heterocycles. The number of methoxy groups -OCH3 is 1. The van der Waals surface area contributed by atoms with Crippen LogP contribution in [-0.2, 0) is 9.59 Å². The highest BCUT2D eigenvalue weighted by Gasteiger charge is 2.29. The van der Waals surface area contributed by atoms with Gasteiger partial charge in [-0.05, 0) is 69.9 Å². The van der Waals surface area contributed by atoms with E-state index in [9.17, 15) is 9.59 Å². The summed E-state index contributed by atoms with van der Waals surface area (Å²) in [5.41, 5.74) is 2.24. The Morgan fingerprint density at radius 2 is 1.82 bits per heavy atom. The molecule has 1 fully saturated rings. The Bertz CT molecular complexity index is 706. The molecule has 0 bridgehead atoms. The van der Waals surface area contributed by atoms with Gasteiger partial charge in [0, 0.05) is 30.1 Å². The summed E-state index contributed by atoms with van der Waals surface area (Å²) in [6.07, 6.45) is 11.3. The monoisotopic (exact) mass is 384 g/mol. The van der Waals surface area contributed by atoms with Crippen molar-refractivity contribution in [2.75, 3.05) is 19.0 Å². The van der Waals surface area contributed by atoms with Crippen LogP contribution in [0.4, 0.5) is 5.69 Å². The van der Waals surface area contributed by atoms with Crippen LogP contribution in [0.2, 0.25) is 0 Å². The molecule has 0 aliphatic heterocycles. The summed E-state index contributed by atoms with van der Waals surface area (Å²) < 4.78 is 5.19. The topological polar surface area (TPSA) is 67.4 Å². The second kappa shape index (κ2) is 10.3. The Hall–Kier alpha value is -2.30. The molecule has 0 spiro atoms. The van der Waals surface area contributed by atoms with Gasteiger partial charge >= 0.3 is 0 Å². The Balaban J connectivity index is 1.38. The number of hydrogen-bond acceptors (Lipinski definition) is 3. The van der Waals surface area contributed by atoms with E-state index in [1.807, 2.05) is 24.3 Å². The maximum absolute atomic E-state index is 12.5. The molecule has 0 atom stereocenters. The van der Waals surface area contributed by atoms with Crippen molar-refractivity contribution >= 4 is 17.5 Å². The van der Waals surface area contributed by atoms with Gasteiger partial charge in [-0.25, -0.2) is 0 Å². The number of allylic oxidation sites excluding steroid dienone is 1. The van der Waals surface area contributed by atoms with E-state index in [-0.39, 0.29) is 23.7 Å². The summed E-state index contributed by atoms with van der Waals surface area (Å²) in [6, 6.07) is 7.39. The van der Waals surface area contributed by atoms with Crippen molar-refractivity contribution in [3.8, 4) is 5.75 Å². The molecule has 0 unspecified atom stereocenters. The number of ether oxygens (including phenoxy) is 1. The molecular weight excluding hydrogens is 352 g/mol. The molecule has 152 valence electrons. The average Bonchev–Trinajstić information content (AvgIpc) is 2.74. The van der Waals surface area contributed by atoms with Crippen molar-refractivity contribution in [1.29, 1.82) is 0 Å². The fraction of sp³-hybridized carbons (Fsp3) is 0.565. The molecule has 2 N–H and O–H groups in total. The van der Waals surface area contributed by atoms with E-state index in [1.54, 1.807) is 7.11 Å². The Labute approximate surface area is 167 Å². The number of amides is 2. The van der Waals surface area contributed by atoms with E-state index in [2.05, 4.69) is 16.7 Å². The number of benzene rings is 1. The highest BCUT2D eigenvalue weighted by molar-refractivity contribution is 5.93. The molecule has 5 heteroatoms. The predicted octanol–water partition coefficient (Wildman–Crippen LogP) is 4.45. The van der Waals surface area contributed by atoms with E-state index in [0.29, 0.717) is 0 Å². The van der Waals surface area contributed by atoms with Crippen LogP contribution in [0.1, 0.15) is 57.8 Å². The number of anilines is 1. The van der Waals surface area contributed by atoms with Gasteiger partial charge in [0.1, 0.15) is 5.75 Å². The smallest absolute Gasteiger partial charge is 0.227 e. The van der Waals surface area contributed by atoms with Crippen molar-refractivity contribution < 1.29 is 14.3 Å². The molecule has 2 amide bonds. The first-order valence-corrected chi connectivity index (χ1v) is 10.6. The maximum Gasteiger partial charge on any atom is 0.227 e. The van der Waals surface area contributed by atoms with Crippen LogP contribution < -0.4 is 15.4 Å². The van der Waals surface area contributed by atoms with Crippen molar-refractivity contribution in [3.05, 3.63) is 35.9 Å². The quantitative estimate of drug-likeness (QED) is 0.683. The van der Waals surface area contributed by atoms with Crippen LogP contribution in [0.25, 0.3) is 0 Å². The van der Waals surface area contributed by atoms with Gasteiger partial charge in [-0.15, -0.1) is 0 Å². The number of carbonyl (C=O) groups is 2. The molecule has 0 radical (unpaired) electrons. The lowest BCUT2D eigenvalue weighted by Gasteiger charge is -2.27. The fourth-order valence-corrected chi connectivity index (χ4v) is 4.19. The number of rotatable bonds is 7. The third-order valence-corrected chi connectivity index (χ3v) is 5.94. The molecule has 28 heavy (non-hydrogen) atoms. The fourth-order valence-electron chi connectivity index (χ4n) is 4.19. The zero-order valence-corrected chi connectivity index (χ0v) is 16.8. The average molecular weight is 385 g/mol. The second-order valence-corrected chi connectivity index (χ2v) is 7.92. The molecule has 0 saturated heterocycles. The Kier molecular flexibility index (Phi) is 7.52. The number of hydrogen-bond donors (Lipinski definition) is 2. The van der Waals surface area contributed by atoms with Crippen LogP contribution in [0.15, 0.2) is 35.9 Å². The first kappa shape index (κ1) is 20.4. The summed E-state index contributed by atoms with van der Waals surface area (Å²) in [7, 11) is 1.61. The first-order chi connectivity index (χ1) is 13.7. The van der Waals surface area contributed by atoms with E-state index < -0.39 is 0 Å². The summed E-state index contributed by atoms with van der Waals surface area (Å²) in [4.78, 5) is 25.0. The first-order valence-electron chi connectivity index (χ1n) is 10.6. The lowest BCUT2D eigenvalue weighted by atomic mass is 9.81. The van der Waals surface area contributed by atoms with Crippen molar-refractivity contribution in [3.63, 3.8) is 0 Å². The van der Waals surface area contributed by atoms with Gasteiger partial charge in [0.15, 0.2) is 0 Å². The van der Waals surface area contributed by atoms with E-state index >= 15 is 0 Å². The second-order valence-electron chi connectivity index (χ2n) is 7.92. The van der Waals surface area contributed by atoms with Gasteiger partial charge in [-0.1, -0.05) is 17.7 Å². The molecule has 5 nitrogen and oxygen atoms in total. The van der Waals surface area contributed by atoms with Crippen LogP contribution in [0.3, 0.4) is 0 Å². The molecule has 3 rings (SSSR count). The Morgan fingerprint density at radius 3 is 2.50 bits per heavy atom. The van der Waals surface area contributed by atoms with Crippen LogP contribution in [-0.4, -0.2) is 25.5 Å².